The van der Waals surface area contributed by atoms with Crippen molar-refractivity contribution in [2.75, 3.05) is 5.73 Å². The van der Waals surface area contributed by atoms with Crippen LogP contribution < -0.4 is 5.73 Å². The van der Waals surface area contributed by atoms with E-state index in [4.69, 9.17) is 5.73 Å². The van der Waals surface area contributed by atoms with Crippen LogP contribution in [0, 0.1) is 11.6 Å². The minimum Gasteiger partial charge on any atom is -0.399 e. The first-order chi connectivity index (χ1) is 9.65. The minimum atomic E-state index is -0.962. The number of nitrogens with zero attached hydrogens (tertiary/aromatic N) is 4. The van der Waals surface area contributed by atoms with E-state index in [-0.39, 0.29) is 0 Å². The number of hydrogen-bond acceptors (Lipinski definition) is 4. The van der Waals surface area contributed by atoms with Crippen LogP contribution in [0.2, 0.25) is 0 Å². The van der Waals surface area contributed by atoms with Crippen molar-refractivity contribution in [2.24, 2.45) is 0 Å². The maximum Gasteiger partial charge on any atom is 0.187 e. The molecule has 1 aromatic heterocycles. The lowest BCUT2D eigenvalue weighted by Gasteiger charge is -2.05. The third kappa shape index (κ3) is 2.09. The van der Waals surface area contributed by atoms with Crippen LogP contribution in [0.5, 0.6) is 0 Å². The topological polar surface area (TPSA) is 69.6 Å². The lowest BCUT2D eigenvalue weighted by molar-refractivity contribution is 0.507. The molecule has 0 fully saturated rings. The second-order valence-corrected chi connectivity index (χ2v) is 4.14. The highest BCUT2D eigenvalue weighted by Gasteiger charge is 2.12. The molecule has 0 spiro atoms. The van der Waals surface area contributed by atoms with Crippen molar-refractivity contribution in [3.63, 3.8) is 0 Å². The van der Waals surface area contributed by atoms with E-state index >= 15 is 0 Å². The van der Waals surface area contributed by atoms with E-state index in [1.807, 2.05) is 0 Å². The van der Waals surface area contributed by atoms with Crippen molar-refractivity contribution in [1.82, 2.24) is 20.2 Å². The molecule has 0 unspecified atom stereocenters. The average Bonchev–Trinajstić information content (AvgIpc) is 2.91. The third-order valence-corrected chi connectivity index (χ3v) is 2.76. The van der Waals surface area contributed by atoms with E-state index in [1.54, 1.807) is 24.3 Å². The van der Waals surface area contributed by atoms with Crippen molar-refractivity contribution in [1.29, 1.82) is 0 Å². The van der Waals surface area contributed by atoms with Gasteiger partial charge in [-0.15, -0.1) is 5.10 Å². The summed E-state index contributed by atoms with van der Waals surface area (Å²) < 4.78 is 27.6. The average molecular weight is 273 g/mol. The zero-order chi connectivity index (χ0) is 14.1. The molecule has 0 amide bonds. The van der Waals surface area contributed by atoms with Gasteiger partial charge in [0.15, 0.2) is 17.5 Å². The molecule has 0 aliphatic carbocycles. The van der Waals surface area contributed by atoms with Crippen molar-refractivity contribution in [3.8, 4) is 17.1 Å². The van der Waals surface area contributed by atoms with Gasteiger partial charge in [0, 0.05) is 17.3 Å². The molecule has 0 bridgehead atoms. The van der Waals surface area contributed by atoms with Gasteiger partial charge in [-0.25, -0.2) is 8.78 Å². The van der Waals surface area contributed by atoms with Crippen LogP contribution in [0.15, 0.2) is 42.5 Å². The van der Waals surface area contributed by atoms with Crippen molar-refractivity contribution in [3.05, 3.63) is 54.1 Å². The van der Waals surface area contributed by atoms with Gasteiger partial charge in [-0.3, -0.25) is 0 Å². The van der Waals surface area contributed by atoms with Gasteiger partial charge in [-0.2, -0.15) is 4.68 Å². The third-order valence-electron chi connectivity index (χ3n) is 2.76. The zero-order valence-electron chi connectivity index (χ0n) is 10.2. The highest BCUT2D eigenvalue weighted by Crippen LogP contribution is 2.22. The molecule has 0 aliphatic heterocycles. The number of nitrogen functional groups attached to an aromatic ring is 1. The number of benzene rings is 2. The number of tetrazole rings is 1. The van der Waals surface area contributed by atoms with Gasteiger partial charge in [0.1, 0.15) is 0 Å². The molecule has 0 aliphatic rings. The molecule has 0 radical (unpaired) electrons. The van der Waals surface area contributed by atoms with Crippen LogP contribution in [0.3, 0.4) is 0 Å². The molecule has 2 N–H and O–H groups in total. The standard InChI is InChI=1S/C13H9F2N5/c14-11-5-4-10(7-12(11)15)20-13(17-18-19-20)8-2-1-3-9(16)6-8/h1-7H,16H2. The maximum atomic E-state index is 13.3. The maximum absolute atomic E-state index is 13.3. The number of rotatable bonds is 2. The Morgan fingerprint density at radius 2 is 1.85 bits per heavy atom. The summed E-state index contributed by atoms with van der Waals surface area (Å²) in [4.78, 5) is 0. The summed E-state index contributed by atoms with van der Waals surface area (Å²) in [6, 6.07) is 10.4. The molecular weight excluding hydrogens is 264 g/mol. The summed E-state index contributed by atoms with van der Waals surface area (Å²) in [5.74, 6) is -1.49. The monoisotopic (exact) mass is 273 g/mol. The number of anilines is 1. The Morgan fingerprint density at radius 3 is 2.60 bits per heavy atom. The Morgan fingerprint density at radius 1 is 1.00 bits per heavy atom. The first-order valence-corrected chi connectivity index (χ1v) is 5.75. The molecule has 0 saturated heterocycles. The lowest BCUT2D eigenvalue weighted by atomic mass is 10.2. The van der Waals surface area contributed by atoms with Gasteiger partial charge in [-0.05, 0) is 34.7 Å². The summed E-state index contributed by atoms with van der Waals surface area (Å²) in [6.07, 6.45) is 0. The quantitative estimate of drug-likeness (QED) is 0.727. The summed E-state index contributed by atoms with van der Waals surface area (Å²) >= 11 is 0. The lowest BCUT2D eigenvalue weighted by Crippen LogP contribution is -2.01. The first kappa shape index (κ1) is 12.2. The number of hydrogen-bond donors (Lipinski definition) is 1. The van der Waals surface area contributed by atoms with Crippen molar-refractivity contribution in [2.45, 2.75) is 0 Å². The predicted octanol–water partition coefficient (Wildman–Crippen LogP) is 2.19. The van der Waals surface area contributed by atoms with Gasteiger partial charge in [0.2, 0.25) is 0 Å². The van der Waals surface area contributed by atoms with Crippen LogP contribution in [-0.2, 0) is 0 Å². The Kier molecular flexibility index (Phi) is 2.86. The SMILES string of the molecule is Nc1cccc(-c2nnnn2-c2ccc(F)c(F)c2)c1. The molecule has 0 saturated carbocycles. The van der Waals surface area contributed by atoms with E-state index in [2.05, 4.69) is 15.5 Å². The van der Waals surface area contributed by atoms with Gasteiger partial charge in [0.25, 0.3) is 0 Å². The van der Waals surface area contributed by atoms with Crippen LogP contribution in [-0.4, -0.2) is 20.2 Å². The molecule has 1 heterocycles. The summed E-state index contributed by atoms with van der Waals surface area (Å²) in [6.45, 7) is 0. The van der Waals surface area contributed by atoms with Gasteiger partial charge in [0.05, 0.1) is 5.69 Å². The van der Waals surface area contributed by atoms with Crippen LogP contribution in [0.1, 0.15) is 0 Å². The minimum absolute atomic E-state index is 0.325. The Balaban J connectivity index is 2.12. The molecule has 0 atom stereocenters. The smallest absolute Gasteiger partial charge is 0.187 e. The normalized spacial score (nSPS) is 10.7. The first-order valence-electron chi connectivity index (χ1n) is 5.75. The van der Waals surface area contributed by atoms with Gasteiger partial charge >= 0.3 is 0 Å². The number of halogens is 2. The fraction of sp³-hybridized carbons (Fsp3) is 0. The zero-order valence-corrected chi connectivity index (χ0v) is 10.2. The van der Waals surface area contributed by atoms with E-state index in [9.17, 15) is 8.78 Å². The second kappa shape index (κ2) is 4.69. The van der Waals surface area contributed by atoms with Gasteiger partial charge in [-0.1, -0.05) is 12.1 Å². The van der Waals surface area contributed by atoms with Gasteiger partial charge < -0.3 is 5.73 Å². The Bertz CT molecular complexity index is 769. The molecule has 3 aromatic rings. The van der Waals surface area contributed by atoms with E-state index < -0.39 is 11.6 Å². The summed E-state index contributed by atoms with van der Waals surface area (Å²) in [5, 5.41) is 11.2. The summed E-state index contributed by atoms with van der Waals surface area (Å²) in [7, 11) is 0. The van der Waals surface area contributed by atoms with E-state index in [1.165, 1.54) is 10.7 Å². The fourth-order valence-corrected chi connectivity index (χ4v) is 1.84. The van der Waals surface area contributed by atoms with Crippen LogP contribution >= 0.6 is 0 Å². The molecule has 7 heteroatoms. The molecule has 5 nitrogen and oxygen atoms in total. The number of nitrogens with two attached hydrogens (primary N) is 1. The summed E-state index contributed by atoms with van der Waals surface area (Å²) in [5.41, 5.74) is 7.27. The Hall–Kier alpha value is -2.83. The van der Waals surface area contributed by atoms with Crippen molar-refractivity contribution >= 4 is 5.69 Å². The molecule has 3 rings (SSSR count). The number of aromatic nitrogens is 4. The Labute approximate surface area is 112 Å². The highest BCUT2D eigenvalue weighted by molar-refractivity contribution is 5.62. The van der Waals surface area contributed by atoms with E-state index in [0.717, 1.165) is 12.1 Å². The largest absolute Gasteiger partial charge is 0.399 e. The highest BCUT2D eigenvalue weighted by atomic mass is 19.2. The van der Waals surface area contributed by atoms with Crippen LogP contribution in [0.25, 0.3) is 17.1 Å². The van der Waals surface area contributed by atoms with Crippen LogP contribution in [0.4, 0.5) is 14.5 Å². The molecule has 100 valence electrons. The molecule has 20 heavy (non-hydrogen) atoms. The van der Waals surface area contributed by atoms with E-state index in [0.29, 0.717) is 22.8 Å². The molecule has 2 aromatic carbocycles. The fourth-order valence-electron chi connectivity index (χ4n) is 1.84. The predicted molar refractivity (Wildman–Crippen MR) is 68.9 cm³/mol. The second-order valence-electron chi connectivity index (χ2n) is 4.14. The molecular formula is C13H9F2N5. The van der Waals surface area contributed by atoms with Crippen molar-refractivity contribution < 1.29 is 8.78 Å².